The lowest BCUT2D eigenvalue weighted by atomic mass is 9.87. The Morgan fingerprint density at radius 1 is 1.09 bits per heavy atom. The van der Waals surface area contributed by atoms with E-state index in [2.05, 4.69) is 54.8 Å². The summed E-state index contributed by atoms with van der Waals surface area (Å²) in [4.78, 5) is 15.5. The van der Waals surface area contributed by atoms with Crippen LogP contribution in [0.5, 0.6) is 0 Å². The van der Waals surface area contributed by atoms with Gasteiger partial charge in [0.15, 0.2) is 0 Å². The highest BCUT2D eigenvalue weighted by molar-refractivity contribution is 5.66. The Morgan fingerprint density at radius 2 is 1.65 bits per heavy atom. The highest BCUT2D eigenvalue weighted by Gasteiger charge is 2.39. The Kier molecular flexibility index (Phi) is 4.37. The fourth-order valence-corrected chi connectivity index (χ4v) is 3.91. The SMILES string of the molecule is CC(C)(C)c1ccc(N2CC3CN(CCC(=O)O)CC3C2)cc1. The van der Waals surface area contributed by atoms with Crippen LogP contribution >= 0.6 is 0 Å². The number of hydrogen-bond donors (Lipinski definition) is 1. The Morgan fingerprint density at radius 3 is 2.13 bits per heavy atom. The number of fused-ring (bicyclic) bond motifs is 1. The summed E-state index contributed by atoms with van der Waals surface area (Å²) in [6.07, 6.45) is 0.261. The molecular formula is C19H28N2O2. The first-order valence-corrected chi connectivity index (χ1v) is 8.62. The van der Waals surface area contributed by atoms with Gasteiger partial charge in [0.1, 0.15) is 0 Å². The van der Waals surface area contributed by atoms with Gasteiger partial charge in [-0.05, 0) is 34.9 Å². The molecule has 2 atom stereocenters. The number of rotatable bonds is 4. The van der Waals surface area contributed by atoms with Gasteiger partial charge in [-0.3, -0.25) is 4.79 Å². The number of likely N-dealkylation sites (tertiary alicyclic amines) is 1. The van der Waals surface area contributed by atoms with E-state index in [4.69, 9.17) is 5.11 Å². The molecule has 0 bridgehead atoms. The van der Waals surface area contributed by atoms with Crippen molar-refractivity contribution in [1.82, 2.24) is 4.90 Å². The number of hydrogen-bond acceptors (Lipinski definition) is 3. The first-order chi connectivity index (χ1) is 10.8. The van der Waals surface area contributed by atoms with Crippen molar-refractivity contribution in [2.24, 2.45) is 11.8 Å². The third-order valence-electron chi connectivity index (χ3n) is 5.30. The van der Waals surface area contributed by atoms with E-state index in [1.165, 1.54) is 11.3 Å². The van der Waals surface area contributed by atoms with Gasteiger partial charge in [0, 0.05) is 38.4 Å². The second-order valence-electron chi connectivity index (χ2n) is 8.13. The molecule has 4 nitrogen and oxygen atoms in total. The minimum atomic E-state index is -0.692. The number of aliphatic carboxylic acids is 1. The van der Waals surface area contributed by atoms with Gasteiger partial charge >= 0.3 is 5.97 Å². The van der Waals surface area contributed by atoms with E-state index < -0.39 is 5.97 Å². The molecule has 1 aromatic carbocycles. The topological polar surface area (TPSA) is 43.8 Å². The zero-order chi connectivity index (χ0) is 16.6. The van der Waals surface area contributed by atoms with Crippen LogP contribution in [-0.2, 0) is 10.2 Å². The molecule has 23 heavy (non-hydrogen) atoms. The maximum absolute atomic E-state index is 10.7. The fraction of sp³-hybridized carbons (Fsp3) is 0.632. The van der Waals surface area contributed by atoms with E-state index in [1.807, 2.05) is 0 Å². The standard InChI is InChI=1S/C19H28N2O2/c1-19(2,3)16-4-6-17(7-5-16)21-12-14-10-20(9-8-18(22)23)11-15(14)13-21/h4-7,14-15H,8-13H2,1-3H3,(H,22,23). The Balaban J connectivity index is 1.57. The molecule has 0 aromatic heterocycles. The lowest BCUT2D eigenvalue weighted by Crippen LogP contribution is -2.30. The molecule has 0 amide bonds. The van der Waals surface area contributed by atoms with Crippen LogP contribution in [0.4, 0.5) is 5.69 Å². The van der Waals surface area contributed by atoms with Gasteiger partial charge < -0.3 is 14.9 Å². The Hall–Kier alpha value is -1.55. The number of anilines is 1. The second-order valence-corrected chi connectivity index (χ2v) is 8.13. The van der Waals surface area contributed by atoms with Crippen molar-refractivity contribution < 1.29 is 9.90 Å². The lowest BCUT2D eigenvalue weighted by molar-refractivity contribution is -0.137. The highest BCUT2D eigenvalue weighted by atomic mass is 16.4. The van der Waals surface area contributed by atoms with Gasteiger partial charge in [0.05, 0.1) is 6.42 Å². The zero-order valence-electron chi connectivity index (χ0n) is 14.5. The minimum Gasteiger partial charge on any atom is -0.481 e. The van der Waals surface area contributed by atoms with E-state index in [0.717, 1.165) is 26.2 Å². The van der Waals surface area contributed by atoms with Gasteiger partial charge in [-0.25, -0.2) is 0 Å². The van der Waals surface area contributed by atoms with E-state index in [-0.39, 0.29) is 11.8 Å². The maximum Gasteiger partial charge on any atom is 0.304 e. The van der Waals surface area contributed by atoms with Crippen LogP contribution in [-0.4, -0.2) is 48.7 Å². The van der Waals surface area contributed by atoms with Crippen LogP contribution in [0, 0.1) is 11.8 Å². The molecule has 2 saturated heterocycles. The molecule has 0 saturated carbocycles. The molecule has 2 fully saturated rings. The van der Waals surface area contributed by atoms with Gasteiger partial charge in [0.25, 0.3) is 0 Å². The van der Waals surface area contributed by atoms with E-state index in [0.29, 0.717) is 18.4 Å². The van der Waals surface area contributed by atoms with Gasteiger partial charge in [-0.15, -0.1) is 0 Å². The van der Waals surface area contributed by atoms with Crippen LogP contribution < -0.4 is 4.90 Å². The number of carbonyl (C=O) groups is 1. The molecule has 126 valence electrons. The van der Waals surface area contributed by atoms with Crippen molar-refractivity contribution >= 4 is 11.7 Å². The lowest BCUT2D eigenvalue weighted by Gasteiger charge is -2.24. The van der Waals surface area contributed by atoms with Gasteiger partial charge in [-0.2, -0.15) is 0 Å². The summed E-state index contributed by atoms with van der Waals surface area (Å²) < 4.78 is 0. The molecular weight excluding hydrogens is 288 g/mol. The highest BCUT2D eigenvalue weighted by Crippen LogP contribution is 2.34. The van der Waals surface area contributed by atoms with Crippen LogP contribution in [0.15, 0.2) is 24.3 Å². The predicted octanol–water partition coefficient (Wildman–Crippen LogP) is 2.83. The number of benzene rings is 1. The van der Waals surface area contributed by atoms with Crippen molar-refractivity contribution in [3.63, 3.8) is 0 Å². The summed E-state index contributed by atoms with van der Waals surface area (Å²) in [7, 11) is 0. The quantitative estimate of drug-likeness (QED) is 0.928. The van der Waals surface area contributed by atoms with Gasteiger partial charge in [-0.1, -0.05) is 32.9 Å². The summed E-state index contributed by atoms with van der Waals surface area (Å²) in [5.41, 5.74) is 2.90. The Bertz CT molecular complexity index is 548. The molecule has 1 aromatic rings. The average molecular weight is 316 g/mol. The predicted molar refractivity (Wildman–Crippen MR) is 93.0 cm³/mol. The molecule has 0 radical (unpaired) electrons. The fourth-order valence-electron chi connectivity index (χ4n) is 3.91. The molecule has 2 unspecified atom stereocenters. The van der Waals surface area contributed by atoms with E-state index in [9.17, 15) is 4.79 Å². The van der Waals surface area contributed by atoms with Crippen LogP contribution in [0.2, 0.25) is 0 Å². The zero-order valence-corrected chi connectivity index (χ0v) is 14.5. The summed E-state index contributed by atoms with van der Waals surface area (Å²) >= 11 is 0. The molecule has 3 rings (SSSR count). The Labute approximate surface area is 139 Å². The number of carboxylic acid groups (broad SMARTS) is 1. The monoisotopic (exact) mass is 316 g/mol. The molecule has 0 aliphatic carbocycles. The smallest absolute Gasteiger partial charge is 0.304 e. The molecule has 1 N–H and O–H groups in total. The average Bonchev–Trinajstić information content (AvgIpc) is 3.02. The summed E-state index contributed by atoms with van der Waals surface area (Å²) in [6.45, 7) is 11.7. The molecule has 4 heteroatoms. The molecule has 0 spiro atoms. The molecule has 2 aliphatic rings. The third-order valence-corrected chi connectivity index (χ3v) is 5.30. The molecule has 2 heterocycles. The normalized spacial score (nSPS) is 24.9. The van der Waals surface area contributed by atoms with Crippen molar-refractivity contribution in [3.05, 3.63) is 29.8 Å². The maximum atomic E-state index is 10.7. The van der Waals surface area contributed by atoms with Crippen LogP contribution in [0.1, 0.15) is 32.8 Å². The summed E-state index contributed by atoms with van der Waals surface area (Å²) in [6, 6.07) is 9.01. The summed E-state index contributed by atoms with van der Waals surface area (Å²) in [5.74, 6) is 0.680. The van der Waals surface area contributed by atoms with Crippen molar-refractivity contribution in [2.45, 2.75) is 32.6 Å². The molecule has 2 aliphatic heterocycles. The van der Waals surface area contributed by atoms with E-state index in [1.54, 1.807) is 0 Å². The van der Waals surface area contributed by atoms with Crippen molar-refractivity contribution in [3.8, 4) is 0 Å². The van der Waals surface area contributed by atoms with Crippen molar-refractivity contribution in [1.29, 1.82) is 0 Å². The number of carboxylic acids is 1. The summed E-state index contributed by atoms with van der Waals surface area (Å²) in [5, 5.41) is 8.81. The van der Waals surface area contributed by atoms with Crippen molar-refractivity contribution in [2.75, 3.05) is 37.6 Å². The second kappa shape index (κ2) is 6.16. The minimum absolute atomic E-state index is 0.199. The van der Waals surface area contributed by atoms with E-state index >= 15 is 0 Å². The van der Waals surface area contributed by atoms with Crippen LogP contribution in [0.25, 0.3) is 0 Å². The third kappa shape index (κ3) is 3.69. The first-order valence-electron chi connectivity index (χ1n) is 8.62. The first kappa shape index (κ1) is 16.3. The van der Waals surface area contributed by atoms with Crippen LogP contribution in [0.3, 0.4) is 0 Å². The van der Waals surface area contributed by atoms with Gasteiger partial charge in [0.2, 0.25) is 0 Å². The number of nitrogens with zero attached hydrogens (tertiary/aromatic N) is 2. The largest absolute Gasteiger partial charge is 0.481 e.